The lowest BCUT2D eigenvalue weighted by atomic mass is 10.0. The predicted molar refractivity (Wildman–Crippen MR) is 95.5 cm³/mol. The average Bonchev–Trinajstić information content (AvgIpc) is 2.92. The first-order chi connectivity index (χ1) is 11.5. The van der Waals surface area contributed by atoms with Crippen molar-refractivity contribution in [3.63, 3.8) is 0 Å². The van der Waals surface area contributed by atoms with Crippen LogP contribution in [-0.4, -0.2) is 21.0 Å². The molecule has 0 atom stereocenters. The summed E-state index contributed by atoms with van der Waals surface area (Å²) in [5, 5.41) is 11.4. The van der Waals surface area contributed by atoms with Crippen LogP contribution in [0.25, 0.3) is 33.1 Å². The fraction of sp³-hybridized carbons (Fsp3) is 0.100. The molecular weight excluding hydrogens is 300 g/mol. The minimum atomic E-state index is -1.02. The van der Waals surface area contributed by atoms with Gasteiger partial charge in [-0.15, -0.1) is 0 Å². The smallest absolute Gasteiger partial charge is 0.354 e. The number of aryl methyl sites for hydroxylation is 2. The van der Waals surface area contributed by atoms with Crippen LogP contribution >= 0.6 is 0 Å². The molecule has 4 rings (SSSR count). The summed E-state index contributed by atoms with van der Waals surface area (Å²) in [7, 11) is 0. The Morgan fingerprint density at radius 3 is 2.58 bits per heavy atom. The van der Waals surface area contributed by atoms with E-state index in [9.17, 15) is 9.90 Å². The first-order valence-electron chi connectivity index (χ1n) is 7.77. The van der Waals surface area contributed by atoms with Crippen molar-refractivity contribution in [2.45, 2.75) is 13.8 Å². The van der Waals surface area contributed by atoms with Gasteiger partial charge in [-0.2, -0.15) is 0 Å². The third kappa shape index (κ3) is 2.15. The van der Waals surface area contributed by atoms with Gasteiger partial charge < -0.3 is 10.1 Å². The van der Waals surface area contributed by atoms with E-state index in [4.69, 9.17) is 0 Å². The number of carboxylic acid groups (broad SMARTS) is 1. The second-order valence-corrected chi connectivity index (χ2v) is 6.07. The highest BCUT2D eigenvalue weighted by Crippen LogP contribution is 2.34. The Kier molecular flexibility index (Phi) is 3.13. The third-order valence-electron chi connectivity index (χ3n) is 4.36. The van der Waals surface area contributed by atoms with Crippen molar-refractivity contribution in [2.75, 3.05) is 0 Å². The zero-order valence-corrected chi connectivity index (χ0v) is 13.4. The molecule has 2 N–H and O–H groups in total. The lowest BCUT2D eigenvalue weighted by Gasteiger charge is -2.08. The first-order valence-corrected chi connectivity index (χ1v) is 7.77. The summed E-state index contributed by atoms with van der Waals surface area (Å²) in [4.78, 5) is 19.4. The molecule has 2 heterocycles. The maximum Gasteiger partial charge on any atom is 0.354 e. The molecule has 2 aromatic heterocycles. The molecule has 0 spiro atoms. The van der Waals surface area contributed by atoms with Crippen LogP contribution in [0.1, 0.15) is 21.6 Å². The number of nitrogens with zero attached hydrogens (tertiary/aromatic N) is 1. The van der Waals surface area contributed by atoms with Crippen LogP contribution in [0.4, 0.5) is 0 Å². The van der Waals surface area contributed by atoms with Crippen LogP contribution in [0.5, 0.6) is 0 Å². The molecule has 4 heteroatoms. The highest BCUT2D eigenvalue weighted by atomic mass is 16.4. The second kappa shape index (κ2) is 5.20. The average molecular weight is 316 g/mol. The number of aromatic nitrogens is 2. The number of hydrogen-bond acceptors (Lipinski definition) is 2. The summed E-state index contributed by atoms with van der Waals surface area (Å²) < 4.78 is 0. The Hall–Kier alpha value is -3.14. The van der Waals surface area contributed by atoms with Gasteiger partial charge in [0.2, 0.25) is 0 Å². The number of H-pyrrole nitrogens is 1. The largest absolute Gasteiger partial charge is 0.477 e. The minimum absolute atomic E-state index is 0.0585. The molecule has 24 heavy (non-hydrogen) atoms. The Bertz CT molecular complexity index is 1110. The number of aromatic carboxylic acids is 1. The molecule has 4 nitrogen and oxygen atoms in total. The van der Waals surface area contributed by atoms with E-state index < -0.39 is 5.97 Å². The van der Waals surface area contributed by atoms with Gasteiger partial charge in [-0.3, -0.25) is 0 Å². The number of benzene rings is 2. The summed E-state index contributed by atoms with van der Waals surface area (Å²) >= 11 is 0. The Balaban J connectivity index is 2.17. The van der Waals surface area contributed by atoms with E-state index in [0.29, 0.717) is 5.69 Å². The lowest BCUT2D eigenvalue weighted by molar-refractivity contribution is 0.0691. The number of carbonyl (C=O) groups is 1. The monoisotopic (exact) mass is 316 g/mol. The number of pyridine rings is 1. The summed E-state index contributed by atoms with van der Waals surface area (Å²) in [5.41, 5.74) is 5.72. The van der Waals surface area contributed by atoms with Gasteiger partial charge in [0.15, 0.2) is 0 Å². The Morgan fingerprint density at radius 1 is 1.04 bits per heavy atom. The van der Waals surface area contributed by atoms with E-state index in [2.05, 4.69) is 16.0 Å². The fourth-order valence-corrected chi connectivity index (χ4v) is 3.15. The molecule has 118 valence electrons. The van der Waals surface area contributed by atoms with Gasteiger partial charge in [-0.05, 0) is 37.6 Å². The standard InChI is InChI=1S/C20H16N2O2/c1-11-7-8-16-14(9-11)15-10-17(20(23)24)22-18(19(15)21-16)13-6-4-3-5-12(13)2/h3-10,21H,1-2H3,(H,23,24). The highest BCUT2D eigenvalue weighted by molar-refractivity contribution is 6.13. The van der Waals surface area contributed by atoms with Gasteiger partial charge in [0.05, 0.1) is 11.2 Å². The number of nitrogens with one attached hydrogen (secondary N) is 1. The molecule has 4 aromatic rings. The normalized spacial score (nSPS) is 11.2. The highest BCUT2D eigenvalue weighted by Gasteiger charge is 2.17. The van der Waals surface area contributed by atoms with Gasteiger partial charge in [-0.1, -0.05) is 35.9 Å². The maximum absolute atomic E-state index is 11.6. The fourth-order valence-electron chi connectivity index (χ4n) is 3.15. The molecule has 0 aliphatic rings. The summed E-state index contributed by atoms with van der Waals surface area (Å²) in [6, 6.07) is 15.7. The van der Waals surface area contributed by atoms with Crippen LogP contribution in [0.2, 0.25) is 0 Å². The topological polar surface area (TPSA) is 66.0 Å². The zero-order chi connectivity index (χ0) is 16.8. The quantitative estimate of drug-likeness (QED) is 0.563. The minimum Gasteiger partial charge on any atom is -0.477 e. The van der Waals surface area contributed by atoms with Crippen LogP contribution < -0.4 is 0 Å². The van der Waals surface area contributed by atoms with E-state index in [0.717, 1.165) is 38.5 Å². The summed E-state index contributed by atoms with van der Waals surface area (Å²) in [6.45, 7) is 4.03. The number of aromatic amines is 1. The lowest BCUT2D eigenvalue weighted by Crippen LogP contribution is -2.02. The van der Waals surface area contributed by atoms with Crippen molar-refractivity contribution in [1.29, 1.82) is 0 Å². The van der Waals surface area contributed by atoms with E-state index in [1.807, 2.05) is 50.2 Å². The molecule has 0 aliphatic carbocycles. The maximum atomic E-state index is 11.6. The van der Waals surface area contributed by atoms with Crippen LogP contribution in [-0.2, 0) is 0 Å². The van der Waals surface area contributed by atoms with Crippen LogP contribution in [0.3, 0.4) is 0 Å². The molecule has 0 fully saturated rings. The molecular formula is C20H16N2O2. The van der Waals surface area contributed by atoms with Crippen LogP contribution in [0.15, 0.2) is 48.5 Å². The number of carboxylic acids is 1. The van der Waals surface area contributed by atoms with Crippen molar-refractivity contribution in [1.82, 2.24) is 9.97 Å². The number of fused-ring (bicyclic) bond motifs is 3. The van der Waals surface area contributed by atoms with E-state index in [-0.39, 0.29) is 5.69 Å². The van der Waals surface area contributed by atoms with E-state index in [1.165, 1.54) is 0 Å². The Morgan fingerprint density at radius 2 is 1.83 bits per heavy atom. The molecule has 0 unspecified atom stereocenters. The molecule has 0 saturated heterocycles. The Labute approximate surface area is 138 Å². The van der Waals surface area contributed by atoms with Gasteiger partial charge >= 0.3 is 5.97 Å². The zero-order valence-electron chi connectivity index (χ0n) is 13.4. The van der Waals surface area contributed by atoms with Crippen molar-refractivity contribution in [2.24, 2.45) is 0 Å². The number of rotatable bonds is 2. The van der Waals surface area contributed by atoms with Crippen molar-refractivity contribution >= 4 is 27.8 Å². The molecule has 0 aliphatic heterocycles. The van der Waals surface area contributed by atoms with Gasteiger partial charge in [0.1, 0.15) is 5.69 Å². The summed E-state index contributed by atoms with van der Waals surface area (Å²) in [6.07, 6.45) is 0. The van der Waals surface area contributed by atoms with E-state index in [1.54, 1.807) is 6.07 Å². The second-order valence-electron chi connectivity index (χ2n) is 6.07. The molecule has 0 bridgehead atoms. The van der Waals surface area contributed by atoms with Gasteiger partial charge in [0.25, 0.3) is 0 Å². The summed E-state index contributed by atoms with van der Waals surface area (Å²) in [5.74, 6) is -1.02. The van der Waals surface area contributed by atoms with Gasteiger partial charge in [-0.25, -0.2) is 9.78 Å². The van der Waals surface area contributed by atoms with Crippen LogP contribution in [0, 0.1) is 13.8 Å². The van der Waals surface area contributed by atoms with Crippen molar-refractivity contribution in [3.05, 3.63) is 65.4 Å². The van der Waals surface area contributed by atoms with Gasteiger partial charge in [0, 0.05) is 21.9 Å². The molecule has 0 saturated carbocycles. The number of hydrogen-bond donors (Lipinski definition) is 2. The molecule has 0 amide bonds. The van der Waals surface area contributed by atoms with E-state index >= 15 is 0 Å². The first kappa shape index (κ1) is 14.5. The SMILES string of the molecule is Cc1ccc2[nH]c3c(-c4ccccc4C)nc(C(=O)O)cc3c2c1. The predicted octanol–water partition coefficient (Wildman–Crippen LogP) is 4.70. The molecule has 0 radical (unpaired) electrons. The molecule has 2 aromatic carbocycles. The van der Waals surface area contributed by atoms with Crippen molar-refractivity contribution in [3.8, 4) is 11.3 Å². The third-order valence-corrected chi connectivity index (χ3v) is 4.36. The van der Waals surface area contributed by atoms with Crippen molar-refractivity contribution < 1.29 is 9.90 Å².